The van der Waals surface area contributed by atoms with Crippen LogP contribution in [0, 0.1) is 6.92 Å². The van der Waals surface area contributed by atoms with Crippen molar-refractivity contribution in [1.82, 2.24) is 9.55 Å². The molecule has 0 radical (unpaired) electrons. The average molecular weight is 685 g/mol. The zero-order valence-corrected chi connectivity index (χ0v) is 29.6. The molecule has 0 N–H and O–H groups in total. The maximum Gasteiger partial charge on any atom is 0.111 e. The number of aromatic nitrogens is 2. The maximum atomic E-state index is 4.87. The number of hydrogen-bond donors (Lipinski definition) is 0. The van der Waals surface area contributed by atoms with Gasteiger partial charge in [0.1, 0.15) is 5.82 Å². The summed E-state index contributed by atoms with van der Waals surface area (Å²) in [6.45, 7) is 2.09. The van der Waals surface area contributed by atoms with Crippen molar-refractivity contribution in [3.63, 3.8) is 0 Å². The Hall–Kier alpha value is -7.03. The molecule has 0 bridgehead atoms. The molecule has 0 unspecified atom stereocenters. The van der Waals surface area contributed by atoms with Crippen molar-refractivity contribution in [2.24, 2.45) is 0 Å². The van der Waals surface area contributed by atoms with Crippen LogP contribution in [0.25, 0.3) is 114 Å². The number of para-hydroxylation sites is 2. The van der Waals surface area contributed by atoms with Crippen molar-refractivity contribution >= 4 is 86.4 Å². The number of rotatable bonds is 3. The van der Waals surface area contributed by atoms with Gasteiger partial charge in [-0.25, -0.2) is 4.98 Å². The Labute approximate surface area is 311 Å². The van der Waals surface area contributed by atoms with Crippen LogP contribution >= 0.6 is 0 Å². The lowest BCUT2D eigenvalue weighted by Crippen LogP contribution is -1.98. The summed E-state index contributed by atoms with van der Waals surface area (Å²) in [5.41, 5.74) is 8.15. The smallest absolute Gasteiger partial charge is 0.111 e. The molecule has 12 rings (SSSR count). The molecule has 2 nitrogen and oxygen atoms in total. The van der Waals surface area contributed by atoms with Gasteiger partial charge in [0.25, 0.3) is 0 Å². The first-order valence-electron chi connectivity index (χ1n) is 18.7. The van der Waals surface area contributed by atoms with Gasteiger partial charge in [-0.1, -0.05) is 146 Å². The molecule has 1 heterocycles. The first kappa shape index (κ1) is 29.5. The Morgan fingerprint density at radius 3 is 1.59 bits per heavy atom. The molecule has 54 heavy (non-hydrogen) atoms. The third-order valence-electron chi connectivity index (χ3n) is 11.8. The van der Waals surface area contributed by atoms with E-state index in [1.165, 1.54) is 97.7 Å². The summed E-state index contributed by atoms with van der Waals surface area (Å²) in [5.74, 6) is 0.987. The molecule has 0 spiro atoms. The lowest BCUT2D eigenvalue weighted by molar-refractivity contribution is 1.01. The van der Waals surface area contributed by atoms with E-state index in [0.717, 1.165) is 22.5 Å². The molecule has 0 saturated carbocycles. The van der Waals surface area contributed by atoms with Crippen LogP contribution in [-0.4, -0.2) is 9.55 Å². The highest BCUT2D eigenvalue weighted by atomic mass is 15.1. The minimum atomic E-state index is 0.987. The SMILES string of the molecule is Cc1nc2ccccc2n1-c1ccc(-c2ccc(-c3cc4ccc5cccc6c7cccc8ccc9cccc(c(c3)c4c56)c9c87)cc2)c2ccccc12. The number of nitrogens with zero attached hydrogens (tertiary/aromatic N) is 2. The van der Waals surface area contributed by atoms with Crippen molar-refractivity contribution in [3.05, 3.63) is 182 Å². The molecule has 0 aliphatic rings. The van der Waals surface area contributed by atoms with Gasteiger partial charge in [0.15, 0.2) is 0 Å². The zero-order chi connectivity index (χ0) is 35.5. The van der Waals surface area contributed by atoms with Crippen molar-refractivity contribution in [2.75, 3.05) is 0 Å². The maximum absolute atomic E-state index is 4.87. The molecule has 0 fully saturated rings. The van der Waals surface area contributed by atoms with Gasteiger partial charge in [-0.2, -0.15) is 0 Å². The standard InChI is InChI=1S/C52H32N2/c1-31-53-46-17-4-5-18-48(46)54(31)47-28-27-39(40-12-2-3-13-41(40)47)33-21-19-32(20-22-33)38-29-37-26-25-36-10-7-15-43-42-14-6-9-34-23-24-35-11-8-16-44(51(35)49(34)42)45(30-38)52(37)50(36)43/h2-30H,1H3. The van der Waals surface area contributed by atoms with E-state index in [2.05, 4.69) is 187 Å². The molecule has 2 heteroatoms. The summed E-state index contributed by atoms with van der Waals surface area (Å²) in [7, 11) is 0. The Morgan fingerprint density at radius 1 is 0.370 bits per heavy atom. The van der Waals surface area contributed by atoms with E-state index >= 15 is 0 Å². The normalized spacial score (nSPS) is 12.2. The highest BCUT2D eigenvalue weighted by Crippen LogP contribution is 2.45. The summed E-state index contributed by atoms with van der Waals surface area (Å²) in [4.78, 5) is 4.87. The van der Waals surface area contributed by atoms with Crippen LogP contribution in [0.15, 0.2) is 176 Å². The first-order chi connectivity index (χ1) is 26.7. The molecule has 0 amide bonds. The second-order valence-corrected chi connectivity index (χ2v) is 14.7. The molecule has 0 saturated heterocycles. The van der Waals surface area contributed by atoms with Crippen molar-refractivity contribution in [1.29, 1.82) is 0 Å². The Balaban J connectivity index is 1.07. The second-order valence-electron chi connectivity index (χ2n) is 14.7. The zero-order valence-electron chi connectivity index (χ0n) is 29.6. The largest absolute Gasteiger partial charge is 0.296 e. The van der Waals surface area contributed by atoms with Gasteiger partial charge >= 0.3 is 0 Å². The number of aryl methyl sites for hydroxylation is 1. The van der Waals surface area contributed by atoms with Crippen molar-refractivity contribution in [3.8, 4) is 27.9 Å². The van der Waals surface area contributed by atoms with Crippen LogP contribution in [0.3, 0.4) is 0 Å². The third kappa shape index (κ3) is 4.08. The topological polar surface area (TPSA) is 17.8 Å². The van der Waals surface area contributed by atoms with E-state index in [-0.39, 0.29) is 0 Å². The van der Waals surface area contributed by atoms with Crippen LogP contribution in [-0.2, 0) is 0 Å². The van der Waals surface area contributed by atoms with E-state index in [1.54, 1.807) is 0 Å². The van der Waals surface area contributed by atoms with Crippen LogP contribution in [0.5, 0.6) is 0 Å². The summed E-state index contributed by atoms with van der Waals surface area (Å²) >= 11 is 0. The molecular weight excluding hydrogens is 653 g/mol. The minimum absolute atomic E-state index is 0.987. The van der Waals surface area contributed by atoms with Gasteiger partial charge in [0.2, 0.25) is 0 Å². The predicted octanol–water partition coefficient (Wildman–Crippen LogP) is 14.2. The van der Waals surface area contributed by atoms with Gasteiger partial charge in [-0.3, -0.25) is 4.57 Å². The molecule has 12 aromatic rings. The van der Waals surface area contributed by atoms with Crippen molar-refractivity contribution < 1.29 is 0 Å². The van der Waals surface area contributed by atoms with E-state index in [0.29, 0.717) is 0 Å². The summed E-state index contributed by atoms with van der Waals surface area (Å²) in [5, 5.41) is 18.1. The number of benzene rings is 10. The van der Waals surface area contributed by atoms with E-state index in [9.17, 15) is 0 Å². The Bertz CT molecular complexity index is 3490. The minimum Gasteiger partial charge on any atom is -0.296 e. The fourth-order valence-corrected chi connectivity index (χ4v) is 9.47. The molecule has 11 aromatic carbocycles. The molecule has 250 valence electrons. The molecule has 0 aliphatic heterocycles. The lowest BCUT2D eigenvalue weighted by Gasteiger charge is -2.17. The first-order valence-corrected chi connectivity index (χ1v) is 18.7. The van der Waals surface area contributed by atoms with Gasteiger partial charge in [-0.15, -0.1) is 0 Å². The highest BCUT2D eigenvalue weighted by molar-refractivity contribution is 6.37. The Kier molecular flexibility index (Phi) is 6.01. The predicted molar refractivity (Wildman–Crippen MR) is 230 cm³/mol. The quantitative estimate of drug-likeness (QED) is 0.169. The monoisotopic (exact) mass is 684 g/mol. The van der Waals surface area contributed by atoms with Gasteiger partial charge < -0.3 is 0 Å². The average Bonchev–Trinajstić information content (AvgIpc) is 3.56. The fraction of sp³-hybridized carbons (Fsp3) is 0.0192. The van der Waals surface area contributed by atoms with E-state index < -0.39 is 0 Å². The van der Waals surface area contributed by atoms with E-state index in [4.69, 9.17) is 4.98 Å². The lowest BCUT2D eigenvalue weighted by atomic mass is 9.86. The summed E-state index contributed by atoms with van der Waals surface area (Å²) in [6, 6.07) is 65.2. The second kappa shape index (κ2) is 11.0. The number of fused-ring (bicyclic) bond motifs is 4. The number of imidazole rings is 1. The molecule has 0 aliphatic carbocycles. The van der Waals surface area contributed by atoms with Crippen LogP contribution < -0.4 is 0 Å². The van der Waals surface area contributed by atoms with Gasteiger partial charge in [0, 0.05) is 5.39 Å². The van der Waals surface area contributed by atoms with Crippen LogP contribution in [0.1, 0.15) is 5.82 Å². The summed E-state index contributed by atoms with van der Waals surface area (Å²) in [6.07, 6.45) is 0. The molecule has 0 atom stereocenters. The highest BCUT2D eigenvalue weighted by Gasteiger charge is 2.17. The molecule has 1 aromatic heterocycles. The Morgan fingerprint density at radius 2 is 0.907 bits per heavy atom. The van der Waals surface area contributed by atoms with Gasteiger partial charge in [0.05, 0.1) is 16.7 Å². The van der Waals surface area contributed by atoms with E-state index in [1.807, 2.05) is 0 Å². The van der Waals surface area contributed by atoms with Crippen LogP contribution in [0.4, 0.5) is 0 Å². The fourth-order valence-electron chi connectivity index (χ4n) is 9.47. The van der Waals surface area contributed by atoms with Crippen LogP contribution in [0.2, 0.25) is 0 Å². The third-order valence-corrected chi connectivity index (χ3v) is 11.8. The van der Waals surface area contributed by atoms with Gasteiger partial charge in [-0.05, 0) is 130 Å². The summed E-state index contributed by atoms with van der Waals surface area (Å²) < 4.78 is 2.28. The number of hydrogen-bond acceptors (Lipinski definition) is 1. The molecular formula is C52H32N2. The van der Waals surface area contributed by atoms with Crippen molar-refractivity contribution in [2.45, 2.75) is 6.92 Å².